The van der Waals surface area contributed by atoms with Gasteiger partial charge in [-0.05, 0) is 28.5 Å². The number of aliphatic imine (C=N–C) groups is 1. The van der Waals surface area contributed by atoms with E-state index >= 15 is 0 Å². The van der Waals surface area contributed by atoms with Crippen molar-refractivity contribution < 1.29 is 24.2 Å². The summed E-state index contributed by atoms with van der Waals surface area (Å²) in [7, 11) is 1.39. The number of aromatic hydroxyl groups is 1. The number of nitrogens with zero attached hydrogens (tertiary/aromatic N) is 5. The van der Waals surface area contributed by atoms with Crippen LogP contribution in [-0.2, 0) is 17.8 Å². The number of carbonyl (C=O) groups is 2. The monoisotopic (exact) mass is 583 g/mol. The van der Waals surface area contributed by atoms with E-state index in [-0.39, 0.29) is 59.4 Å². The molecule has 0 saturated heterocycles. The number of hydrogen-bond donors (Lipinski definition) is 1. The van der Waals surface area contributed by atoms with E-state index in [1.807, 2.05) is 42.5 Å². The highest BCUT2D eigenvalue weighted by Crippen LogP contribution is 2.45. The quantitative estimate of drug-likeness (QED) is 0.347. The molecule has 0 spiro atoms. The average molecular weight is 584 g/mol. The van der Waals surface area contributed by atoms with Gasteiger partial charge >= 0.3 is 0 Å². The molecule has 2 atom stereocenters. The van der Waals surface area contributed by atoms with Crippen molar-refractivity contribution in [2.24, 2.45) is 4.99 Å². The molecule has 0 fully saturated rings. The summed E-state index contributed by atoms with van der Waals surface area (Å²) in [5, 5.41) is 12.2. The molecule has 10 nitrogen and oxygen atoms in total. The summed E-state index contributed by atoms with van der Waals surface area (Å²) in [6.07, 6.45) is 2.35. The van der Waals surface area contributed by atoms with E-state index < -0.39 is 0 Å². The zero-order valence-electron chi connectivity index (χ0n) is 22.7. The molecule has 3 aliphatic heterocycles. The van der Waals surface area contributed by atoms with Gasteiger partial charge in [0.05, 0.1) is 18.8 Å². The molecular formula is C31H26ClN5O5. The van der Waals surface area contributed by atoms with E-state index in [4.69, 9.17) is 21.1 Å². The van der Waals surface area contributed by atoms with Gasteiger partial charge < -0.3 is 24.4 Å². The first kappa shape index (κ1) is 26.2. The summed E-state index contributed by atoms with van der Waals surface area (Å²) in [6, 6.07) is 16.9. The molecule has 3 aliphatic rings. The molecule has 11 heteroatoms. The third-order valence-corrected chi connectivity index (χ3v) is 8.47. The van der Waals surface area contributed by atoms with Crippen LogP contribution in [0.3, 0.4) is 0 Å². The van der Waals surface area contributed by atoms with Gasteiger partial charge in [0.2, 0.25) is 0 Å². The van der Waals surface area contributed by atoms with Crippen molar-refractivity contribution in [1.29, 1.82) is 0 Å². The van der Waals surface area contributed by atoms with E-state index in [0.29, 0.717) is 36.5 Å². The molecule has 1 N–H and O–H groups in total. The van der Waals surface area contributed by atoms with Gasteiger partial charge in [-0.2, -0.15) is 9.97 Å². The van der Waals surface area contributed by atoms with Gasteiger partial charge in [-0.1, -0.05) is 48.5 Å². The van der Waals surface area contributed by atoms with Crippen LogP contribution < -0.4 is 14.4 Å². The smallest absolute Gasteiger partial charge is 0.280 e. The maximum absolute atomic E-state index is 13.6. The van der Waals surface area contributed by atoms with E-state index in [0.717, 1.165) is 16.5 Å². The lowest BCUT2D eigenvalue weighted by Gasteiger charge is -2.33. The van der Waals surface area contributed by atoms with Crippen LogP contribution in [0, 0.1) is 0 Å². The SMILES string of the molecule is COc1nc2c(nc1OCC(=O)N1C[C@@H](CCl)c3c1cc(O)c1ccccc31)N=C[C@@H]1Cc3ccccc3CN1C2=O. The third kappa shape index (κ3) is 4.21. The highest BCUT2D eigenvalue weighted by Gasteiger charge is 2.37. The van der Waals surface area contributed by atoms with Gasteiger partial charge in [0.25, 0.3) is 23.6 Å². The Kier molecular flexibility index (Phi) is 6.42. The van der Waals surface area contributed by atoms with Crippen molar-refractivity contribution in [2.75, 3.05) is 31.0 Å². The Labute approximate surface area is 246 Å². The lowest BCUT2D eigenvalue weighted by atomic mass is 9.94. The van der Waals surface area contributed by atoms with Gasteiger partial charge in [0, 0.05) is 42.6 Å². The minimum Gasteiger partial charge on any atom is -0.507 e. The zero-order chi connectivity index (χ0) is 29.0. The molecule has 7 rings (SSSR count). The first-order chi connectivity index (χ1) is 20.5. The second kappa shape index (κ2) is 10.3. The number of carbonyl (C=O) groups excluding carboxylic acids is 2. The molecule has 0 saturated carbocycles. The Bertz CT molecular complexity index is 1790. The van der Waals surface area contributed by atoms with Gasteiger partial charge in [0.15, 0.2) is 18.1 Å². The third-order valence-electron chi connectivity index (χ3n) is 8.09. The summed E-state index contributed by atoms with van der Waals surface area (Å²) in [4.78, 5) is 43.7. The number of amides is 2. The molecule has 3 aromatic carbocycles. The van der Waals surface area contributed by atoms with Crippen molar-refractivity contribution in [2.45, 2.75) is 24.9 Å². The average Bonchev–Trinajstić information content (AvgIpc) is 3.34. The number of rotatable bonds is 5. The summed E-state index contributed by atoms with van der Waals surface area (Å²) in [6.45, 7) is 0.404. The van der Waals surface area contributed by atoms with E-state index in [2.05, 4.69) is 21.0 Å². The number of aromatic nitrogens is 2. The fraction of sp³-hybridized carbons (Fsp3) is 0.258. The van der Waals surface area contributed by atoms with Crippen LogP contribution >= 0.6 is 11.6 Å². The van der Waals surface area contributed by atoms with E-state index in [1.165, 1.54) is 12.7 Å². The first-order valence-corrected chi connectivity index (χ1v) is 14.1. The van der Waals surface area contributed by atoms with Crippen molar-refractivity contribution in [1.82, 2.24) is 14.9 Å². The fourth-order valence-electron chi connectivity index (χ4n) is 6.05. The second-order valence-electron chi connectivity index (χ2n) is 10.5. The number of phenols is 1. The molecule has 0 unspecified atom stereocenters. The largest absolute Gasteiger partial charge is 0.507 e. The van der Waals surface area contributed by atoms with Crippen LogP contribution in [0.15, 0.2) is 59.6 Å². The van der Waals surface area contributed by atoms with Crippen LogP contribution in [0.1, 0.15) is 33.1 Å². The van der Waals surface area contributed by atoms with Crippen LogP contribution in [0.2, 0.25) is 0 Å². The topological polar surface area (TPSA) is 117 Å². The summed E-state index contributed by atoms with van der Waals surface area (Å²) in [5.74, 6) is -0.341. The van der Waals surface area contributed by atoms with E-state index in [9.17, 15) is 14.7 Å². The minimum atomic E-state index is -0.381. The molecule has 1 aromatic heterocycles. The number of anilines is 1. The number of methoxy groups -OCH3 is 1. The van der Waals surface area contributed by atoms with Crippen LogP contribution in [0.5, 0.6) is 17.5 Å². The number of alkyl halides is 1. The number of hydrogen-bond acceptors (Lipinski definition) is 8. The molecule has 4 aromatic rings. The maximum atomic E-state index is 13.6. The molecule has 0 radical (unpaired) electrons. The predicted octanol–water partition coefficient (Wildman–Crippen LogP) is 4.38. The minimum absolute atomic E-state index is 0.0231. The molecular weight excluding hydrogens is 558 g/mol. The van der Waals surface area contributed by atoms with E-state index in [1.54, 1.807) is 22.1 Å². The van der Waals surface area contributed by atoms with Crippen molar-refractivity contribution in [3.8, 4) is 17.5 Å². The summed E-state index contributed by atoms with van der Waals surface area (Å²) >= 11 is 6.31. The number of ether oxygens (including phenoxy) is 2. The highest BCUT2D eigenvalue weighted by atomic mass is 35.5. The Hall–Kier alpha value is -4.70. The maximum Gasteiger partial charge on any atom is 0.280 e. The first-order valence-electron chi connectivity index (χ1n) is 13.6. The van der Waals surface area contributed by atoms with Crippen LogP contribution in [-0.4, -0.2) is 70.2 Å². The fourth-order valence-corrected chi connectivity index (χ4v) is 6.30. The van der Waals surface area contributed by atoms with Gasteiger partial charge in [-0.25, -0.2) is 4.99 Å². The van der Waals surface area contributed by atoms with Gasteiger partial charge in [-0.15, -0.1) is 11.6 Å². The molecule has 0 bridgehead atoms. The van der Waals surface area contributed by atoms with Gasteiger partial charge in [0.1, 0.15) is 5.75 Å². The number of phenolic OH excluding ortho intramolecular Hbond substituents is 1. The summed E-state index contributed by atoms with van der Waals surface area (Å²) in [5.41, 5.74) is 3.83. The Balaban J connectivity index is 1.15. The van der Waals surface area contributed by atoms with Crippen LogP contribution in [0.4, 0.5) is 11.5 Å². The number of benzene rings is 3. The molecule has 42 heavy (non-hydrogen) atoms. The Morgan fingerprint density at radius 3 is 2.62 bits per heavy atom. The Morgan fingerprint density at radius 2 is 1.83 bits per heavy atom. The predicted molar refractivity (Wildman–Crippen MR) is 157 cm³/mol. The zero-order valence-corrected chi connectivity index (χ0v) is 23.4. The van der Waals surface area contributed by atoms with Crippen molar-refractivity contribution in [3.63, 3.8) is 0 Å². The summed E-state index contributed by atoms with van der Waals surface area (Å²) < 4.78 is 11.2. The van der Waals surface area contributed by atoms with Crippen molar-refractivity contribution >= 4 is 51.9 Å². The second-order valence-corrected chi connectivity index (χ2v) is 10.8. The number of halogens is 1. The normalized spacial score (nSPS) is 18.7. The Morgan fingerprint density at radius 1 is 1.07 bits per heavy atom. The van der Waals surface area contributed by atoms with Crippen molar-refractivity contribution in [3.05, 3.63) is 77.0 Å². The lowest BCUT2D eigenvalue weighted by Crippen LogP contribution is -2.44. The molecule has 212 valence electrons. The lowest BCUT2D eigenvalue weighted by molar-refractivity contribution is -0.120. The van der Waals surface area contributed by atoms with Gasteiger partial charge in [-0.3, -0.25) is 9.59 Å². The number of fused-ring (bicyclic) bond motifs is 6. The molecule has 2 amide bonds. The van der Waals surface area contributed by atoms with Crippen LogP contribution in [0.25, 0.3) is 10.8 Å². The molecule has 4 heterocycles. The highest BCUT2D eigenvalue weighted by molar-refractivity contribution is 6.19. The molecule has 0 aliphatic carbocycles. The standard InChI is InChI=1S/C31H26ClN5O5/c1-41-29-30(35-28-27(34-29)31(40)36-14-18-7-3-2-6-17(18)10-20(36)13-33-28)42-16-25(39)37-15-19(12-32)26-22-9-5-4-8-21(22)24(38)11-23(26)37/h2-9,11,13,19-20,38H,10,12,14-16H2,1H3/t19-,20+/m1/s1.